The summed E-state index contributed by atoms with van der Waals surface area (Å²) in [5.41, 5.74) is 1.11. The molecule has 0 bridgehead atoms. The summed E-state index contributed by atoms with van der Waals surface area (Å²) in [4.78, 5) is 27.2. The van der Waals surface area contributed by atoms with Crippen LogP contribution in [0.15, 0.2) is 24.3 Å². The molecule has 1 aromatic rings. The van der Waals surface area contributed by atoms with Crippen LogP contribution in [-0.2, 0) is 16.0 Å². The highest BCUT2D eigenvalue weighted by Gasteiger charge is 2.42. The van der Waals surface area contributed by atoms with E-state index in [1.807, 2.05) is 24.3 Å². The average molecular weight is 300 g/mol. The number of anilines is 1. The Labute approximate surface area is 131 Å². The molecule has 1 N–H and O–H groups in total. The van der Waals surface area contributed by atoms with Gasteiger partial charge in [-0.05, 0) is 44.7 Å². The first-order valence-corrected chi connectivity index (χ1v) is 8.21. The SMILES string of the molecule is CC(C)(C(=O)NC1CCCC1)C(=O)N1CCc2ccccc21. The van der Waals surface area contributed by atoms with Gasteiger partial charge in [0.25, 0.3) is 0 Å². The second-order valence-corrected chi connectivity index (χ2v) is 6.92. The molecule has 1 aromatic carbocycles. The largest absolute Gasteiger partial charge is 0.352 e. The molecule has 1 aliphatic carbocycles. The number of rotatable bonds is 3. The van der Waals surface area contributed by atoms with E-state index < -0.39 is 5.41 Å². The molecule has 0 radical (unpaired) electrons. The maximum Gasteiger partial charge on any atom is 0.242 e. The number of hydrogen-bond acceptors (Lipinski definition) is 2. The topological polar surface area (TPSA) is 49.4 Å². The number of carbonyl (C=O) groups excluding carboxylic acids is 2. The minimum absolute atomic E-state index is 0.104. The van der Waals surface area contributed by atoms with E-state index in [4.69, 9.17) is 0 Å². The van der Waals surface area contributed by atoms with Crippen LogP contribution in [0.4, 0.5) is 5.69 Å². The standard InChI is InChI=1S/C18H24N2O2/c1-18(2,16(21)19-14-8-4-5-9-14)17(22)20-12-11-13-7-3-6-10-15(13)20/h3,6-7,10,14H,4-5,8-9,11-12H2,1-2H3,(H,19,21). The number of fused-ring (bicyclic) bond motifs is 1. The normalized spacial score (nSPS) is 18.4. The first kappa shape index (κ1) is 15.1. The second kappa shape index (κ2) is 5.75. The summed E-state index contributed by atoms with van der Waals surface area (Å²) in [5, 5.41) is 3.06. The van der Waals surface area contributed by atoms with Crippen molar-refractivity contribution in [1.29, 1.82) is 0 Å². The number of para-hydroxylation sites is 1. The number of carbonyl (C=O) groups is 2. The molecule has 1 saturated carbocycles. The van der Waals surface area contributed by atoms with Crippen molar-refractivity contribution in [3.8, 4) is 0 Å². The Morgan fingerprint density at radius 3 is 2.59 bits per heavy atom. The molecule has 1 heterocycles. The lowest BCUT2D eigenvalue weighted by Crippen LogP contribution is -2.51. The first-order valence-electron chi connectivity index (χ1n) is 8.21. The Bertz CT molecular complexity index is 589. The quantitative estimate of drug-likeness (QED) is 0.873. The zero-order chi connectivity index (χ0) is 15.7. The summed E-state index contributed by atoms with van der Waals surface area (Å²) in [6.07, 6.45) is 5.25. The first-order chi connectivity index (χ1) is 10.5. The third kappa shape index (κ3) is 2.62. The Kier molecular flexibility index (Phi) is 3.94. The van der Waals surface area contributed by atoms with Gasteiger partial charge in [0.1, 0.15) is 5.41 Å². The van der Waals surface area contributed by atoms with E-state index in [1.165, 1.54) is 18.4 Å². The molecular formula is C18H24N2O2. The van der Waals surface area contributed by atoms with E-state index in [1.54, 1.807) is 18.7 Å². The fourth-order valence-electron chi connectivity index (χ4n) is 3.42. The van der Waals surface area contributed by atoms with Gasteiger partial charge in [-0.2, -0.15) is 0 Å². The van der Waals surface area contributed by atoms with Crippen LogP contribution < -0.4 is 10.2 Å². The predicted octanol–water partition coefficient (Wildman–Crippen LogP) is 2.66. The number of nitrogens with zero attached hydrogens (tertiary/aromatic N) is 1. The fraction of sp³-hybridized carbons (Fsp3) is 0.556. The van der Waals surface area contributed by atoms with Crippen molar-refractivity contribution in [2.45, 2.75) is 52.0 Å². The van der Waals surface area contributed by atoms with Gasteiger partial charge < -0.3 is 10.2 Å². The molecule has 0 saturated heterocycles. The van der Waals surface area contributed by atoms with Crippen molar-refractivity contribution in [1.82, 2.24) is 5.32 Å². The minimum atomic E-state index is -1.03. The van der Waals surface area contributed by atoms with E-state index in [0.717, 1.165) is 24.9 Å². The summed E-state index contributed by atoms with van der Waals surface area (Å²) in [7, 11) is 0. The highest BCUT2D eigenvalue weighted by atomic mass is 16.2. The van der Waals surface area contributed by atoms with Crippen molar-refractivity contribution in [2.24, 2.45) is 5.41 Å². The van der Waals surface area contributed by atoms with E-state index in [-0.39, 0.29) is 17.9 Å². The molecule has 2 amide bonds. The Morgan fingerprint density at radius 2 is 1.86 bits per heavy atom. The molecule has 1 aliphatic heterocycles. The van der Waals surface area contributed by atoms with Crippen molar-refractivity contribution >= 4 is 17.5 Å². The summed E-state index contributed by atoms with van der Waals surface area (Å²) in [6.45, 7) is 4.14. The molecule has 0 atom stereocenters. The Morgan fingerprint density at radius 1 is 1.18 bits per heavy atom. The van der Waals surface area contributed by atoms with Crippen molar-refractivity contribution in [2.75, 3.05) is 11.4 Å². The molecule has 1 fully saturated rings. The lowest BCUT2D eigenvalue weighted by Gasteiger charge is -2.29. The molecule has 22 heavy (non-hydrogen) atoms. The van der Waals surface area contributed by atoms with Crippen LogP contribution in [0, 0.1) is 5.41 Å². The van der Waals surface area contributed by atoms with Crippen LogP contribution in [0.25, 0.3) is 0 Å². The van der Waals surface area contributed by atoms with Crippen molar-refractivity contribution < 1.29 is 9.59 Å². The van der Waals surface area contributed by atoms with E-state index in [2.05, 4.69) is 5.32 Å². The van der Waals surface area contributed by atoms with Crippen molar-refractivity contribution in [3.05, 3.63) is 29.8 Å². The second-order valence-electron chi connectivity index (χ2n) is 6.92. The van der Waals surface area contributed by atoms with E-state index in [9.17, 15) is 9.59 Å². The van der Waals surface area contributed by atoms with Gasteiger partial charge in [0.15, 0.2) is 0 Å². The predicted molar refractivity (Wildman–Crippen MR) is 86.7 cm³/mol. The number of nitrogens with one attached hydrogen (secondary N) is 1. The zero-order valence-corrected chi connectivity index (χ0v) is 13.4. The van der Waals surface area contributed by atoms with Crippen LogP contribution in [0.1, 0.15) is 45.1 Å². The molecule has 4 heteroatoms. The van der Waals surface area contributed by atoms with Crippen LogP contribution >= 0.6 is 0 Å². The monoisotopic (exact) mass is 300 g/mol. The maximum atomic E-state index is 12.9. The highest BCUT2D eigenvalue weighted by molar-refractivity contribution is 6.11. The molecule has 118 valence electrons. The molecular weight excluding hydrogens is 276 g/mol. The van der Waals surface area contributed by atoms with Gasteiger partial charge in [-0.1, -0.05) is 31.0 Å². The fourth-order valence-corrected chi connectivity index (χ4v) is 3.42. The van der Waals surface area contributed by atoms with Crippen molar-refractivity contribution in [3.63, 3.8) is 0 Å². The van der Waals surface area contributed by atoms with Gasteiger partial charge in [-0.3, -0.25) is 9.59 Å². The van der Waals surface area contributed by atoms with Gasteiger partial charge in [-0.15, -0.1) is 0 Å². The van der Waals surface area contributed by atoms with Crippen LogP contribution in [0.5, 0.6) is 0 Å². The Balaban J connectivity index is 1.74. The lowest BCUT2D eigenvalue weighted by atomic mass is 9.89. The number of amides is 2. The van der Waals surface area contributed by atoms with E-state index >= 15 is 0 Å². The lowest BCUT2D eigenvalue weighted by molar-refractivity contribution is -0.140. The third-order valence-electron chi connectivity index (χ3n) is 4.93. The Hall–Kier alpha value is -1.84. The zero-order valence-electron chi connectivity index (χ0n) is 13.4. The van der Waals surface area contributed by atoms with Gasteiger partial charge >= 0.3 is 0 Å². The molecule has 0 unspecified atom stereocenters. The smallest absolute Gasteiger partial charge is 0.242 e. The summed E-state index contributed by atoms with van der Waals surface area (Å²) < 4.78 is 0. The summed E-state index contributed by atoms with van der Waals surface area (Å²) in [6, 6.07) is 8.19. The van der Waals surface area contributed by atoms with Crippen LogP contribution in [-0.4, -0.2) is 24.4 Å². The highest BCUT2D eigenvalue weighted by Crippen LogP contribution is 2.32. The number of hydrogen-bond donors (Lipinski definition) is 1. The number of benzene rings is 1. The van der Waals surface area contributed by atoms with Gasteiger partial charge in [0.2, 0.25) is 11.8 Å². The van der Waals surface area contributed by atoms with E-state index in [0.29, 0.717) is 6.54 Å². The van der Waals surface area contributed by atoms with Gasteiger partial charge in [-0.25, -0.2) is 0 Å². The summed E-state index contributed by atoms with van der Waals surface area (Å²) >= 11 is 0. The van der Waals surface area contributed by atoms with Gasteiger partial charge in [0, 0.05) is 18.3 Å². The van der Waals surface area contributed by atoms with Gasteiger partial charge in [0.05, 0.1) is 0 Å². The molecule has 3 rings (SSSR count). The van der Waals surface area contributed by atoms with Crippen LogP contribution in [0.3, 0.4) is 0 Å². The minimum Gasteiger partial charge on any atom is -0.352 e. The molecule has 2 aliphatic rings. The molecule has 4 nitrogen and oxygen atoms in total. The molecule has 0 aromatic heterocycles. The summed E-state index contributed by atoms with van der Waals surface area (Å²) in [5.74, 6) is -0.248. The third-order valence-corrected chi connectivity index (χ3v) is 4.93. The van der Waals surface area contributed by atoms with Crippen LogP contribution in [0.2, 0.25) is 0 Å². The molecule has 0 spiro atoms. The average Bonchev–Trinajstić information content (AvgIpc) is 3.15. The maximum absolute atomic E-state index is 12.9.